The lowest BCUT2D eigenvalue weighted by Crippen LogP contribution is -2.25. The zero-order valence-corrected chi connectivity index (χ0v) is 13.9. The zero-order chi connectivity index (χ0) is 16.7. The molecule has 4 rings (SSSR count). The molecule has 0 unspecified atom stereocenters. The third-order valence-corrected chi connectivity index (χ3v) is 4.95. The summed E-state index contributed by atoms with van der Waals surface area (Å²) in [5.74, 6) is 0.570. The Balaban J connectivity index is 1.69. The van der Waals surface area contributed by atoms with E-state index in [2.05, 4.69) is 15.0 Å². The zero-order valence-electron chi connectivity index (χ0n) is 13.0. The molecule has 3 aromatic rings. The number of aromatic hydroxyl groups is 1. The van der Waals surface area contributed by atoms with Gasteiger partial charge in [0.1, 0.15) is 0 Å². The van der Waals surface area contributed by atoms with Gasteiger partial charge in [-0.15, -0.1) is 5.10 Å². The van der Waals surface area contributed by atoms with Crippen LogP contribution in [0.3, 0.4) is 0 Å². The maximum absolute atomic E-state index is 11.9. The molecule has 0 aliphatic heterocycles. The summed E-state index contributed by atoms with van der Waals surface area (Å²) in [7, 11) is 1.53. The maximum Gasteiger partial charge on any atom is 0.275 e. The van der Waals surface area contributed by atoms with Gasteiger partial charge in [-0.2, -0.15) is 4.52 Å². The van der Waals surface area contributed by atoms with Gasteiger partial charge in [0.25, 0.3) is 5.56 Å². The van der Waals surface area contributed by atoms with Gasteiger partial charge in [-0.1, -0.05) is 17.4 Å². The molecule has 1 saturated carbocycles. The van der Waals surface area contributed by atoms with Crippen molar-refractivity contribution < 1.29 is 9.84 Å². The standard InChI is InChI=1S/C16H16N4O3S/c1-23-13-8-10(2-5-12(13)21)9-19(11-3-4-11)16-18-20-14(22)6-7-17-15(20)24-16/h2,5-8,11,21H,3-4,9H2,1H3. The van der Waals surface area contributed by atoms with Gasteiger partial charge >= 0.3 is 0 Å². The fourth-order valence-corrected chi connectivity index (χ4v) is 3.55. The summed E-state index contributed by atoms with van der Waals surface area (Å²) in [5.41, 5.74) is 0.834. The van der Waals surface area contributed by atoms with E-state index in [1.54, 1.807) is 6.07 Å². The van der Waals surface area contributed by atoms with E-state index in [4.69, 9.17) is 4.74 Å². The fraction of sp³-hybridized carbons (Fsp3) is 0.312. The molecule has 1 fully saturated rings. The Labute approximate surface area is 141 Å². The van der Waals surface area contributed by atoms with Crippen LogP contribution in [0.4, 0.5) is 5.13 Å². The molecule has 2 heterocycles. The molecule has 0 amide bonds. The number of methoxy groups -OCH3 is 1. The molecule has 0 radical (unpaired) electrons. The van der Waals surface area contributed by atoms with Gasteiger partial charge in [0.15, 0.2) is 11.5 Å². The molecule has 1 aliphatic carbocycles. The first-order chi connectivity index (χ1) is 11.7. The first-order valence-electron chi connectivity index (χ1n) is 7.63. The molecule has 1 aliphatic rings. The molecule has 0 atom stereocenters. The van der Waals surface area contributed by atoms with Crippen LogP contribution in [0.25, 0.3) is 4.96 Å². The van der Waals surface area contributed by atoms with Crippen LogP contribution in [0.1, 0.15) is 18.4 Å². The number of hydrogen-bond donors (Lipinski definition) is 1. The minimum absolute atomic E-state index is 0.120. The smallest absolute Gasteiger partial charge is 0.275 e. The third kappa shape index (κ3) is 2.69. The minimum atomic E-state index is -0.176. The highest BCUT2D eigenvalue weighted by Crippen LogP contribution is 2.36. The van der Waals surface area contributed by atoms with Gasteiger partial charge in [-0.25, -0.2) is 4.98 Å². The molecular weight excluding hydrogens is 328 g/mol. The summed E-state index contributed by atoms with van der Waals surface area (Å²) in [6.45, 7) is 0.635. The molecule has 1 N–H and O–H groups in total. The van der Waals surface area contributed by atoms with Crippen molar-refractivity contribution in [2.75, 3.05) is 12.0 Å². The monoisotopic (exact) mass is 344 g/mol. The number of hydrogen-bond acceptors (Lipinski definition) is 7. The molecule has 0 saturated heterocycles. The summed E-state index contributed by atoms with van der Waals surface area (Å²) in [6, 6.07) is 7.14. The van der Waals surface area contributed by atoms with E-state index in [0.29, 0.717) is 23.3 Å². The van der Waals surface area contributed by atoms with Gasteiger partial charge in [0, 0.05) is 24.8 Å². The van der Waals surface area contributed by atoms with E-state index in [0.717, 1.165) is 23.5 Å². The second-order valence-electron chi connectivity index (χ2n) is 5.73. The van der Waals surface area contributed by atoms with Crippen molar-refractivity contribution in [3.63, 3.8) is 0 Å². The van der Waals surface area contributed by atoms with E-state index in [1.807, 2.05) is 12.1 Å². The summed E-state index contributed by atoms with van der Waals surface area (Å²) in [5, 5.41) is 15.0. The molecule has 24 heavy (non-hydrogen) atoms. The Morgan fingerprint density at radius 3 is 2.96 bits per heavy atom. The normalized spacial score (nSPS) is 14.0. The number of aromatic nitrogens is 3. The van der Waals surface area contributed by atoms with Crippen LogP contribution < -0.4 is 15.2 Å². The van der Waals surface area contributed by atoms with Crippen molar-refractivity contribution in [2.45, 2.75) is 25.4 Å². The third-order valence-electron chi connectivity index (χ3n) is 3.99. The summed E-state index contributed by atoms with van der Waals surface area (Å²) < 4.78 is 6.52. The van der Waals surface area contributed by atoms with Crippen LogP contribution in [-0.2, 0) is 6.54 Å². The summed E-state index contributed by atoms with van der Waals surface area (Å²) >= 11 is 1.41. The second kappa shape index (κ2) is 5.79. The lowest BCUT2D eigenvalue weighted by molar-refractivity contribution is 0.373. The quantitative estimate of drug-likeness (QED) is 0.763. The number of nitrogens with zero attached hydrogens (tertiary/aromatic N) is 4. The van der Waals surface area contributed by atoms with E-state index < -0.39 is 0 Å². The van der Waals surface area contributed by atoms with E-state index in [9.17, 15) is 9.90 Å². The molecule has 7 nitrogen and oxygen atoms in total. The first kappa shape index (κ1) is 14.9. The number of fused-ring (bicyclic) bond motifs is 1. The number of anilines is 1. The number of rotatable bonds is 5. The topological polar surface area (TPSA) is 80.0 Å². The average Bonchev–Trinajstić information content (AvgIpc) is 3.32. The molecular formula is C16H16N4O3S. The van der Waals surface area contributed by atoms with Crippen molar-refractivity contribution in [2.24, 2.45) is 0 Å². The Morgan fingerprint density at radius 2 is 2.25 bits per heavy atom. The fourth-order valence-electron chi connectivity index (χ4n) is 2.61. The Morgan fingerprint density at radius 1 is 1.42 bits per heavy atom. The number of phenols is 1. The molecule has 8 heteroatoms. The van der Waals surface area contributed by atoms with E-state index in [-0.39, 0.29) is 11.3 Å². The number of benzene rings is 1. The van der Waals surface area contributed by atoms with Gasteiger partial charge in [0.2, 0.25) is 10.1 Å². The predicted octanol–water partition coefficient (Wildman–Crippen LogP) is 2.03. The highest BCUT2D eigenvalue weighted by Gasteiger charge is 2.31. The minimum Gasteiger partial charge on any atom is -0.504 e. The average molecular weight is 344 g/mol. The van der Waals surface area contributed by atoms with Crippen molar-refractivity contribution in [3.8, 4) is 11.5 Å². The van der Waals surface area contributed by atoms with Crippen LogP contribution in [0.2, 0.25) is 0 Å². The number of ether oxygens (including phenoxy) is 1. The summed E-state index contributed by atoms with van der Waals surface area (Å²) in [6.07, 6.45) is 3.72. The maximum atomic E-state index is 11.9. The highest BCUT2D eigenvalue weighted by atomic mass is 32.1. The molecule has 1 aromatic carbocycles. The first-order valence-corrected chi connectivity index (χ1v) is 8.45. The van der Waals surface area contributed by atoms with E-state index in [1.165, 1.54) is 35.2 Å². The van der Waals surface area contributed by atoms with Crippen molar-refractivity contribution in [1.82, 2.24) is 14.6 Å². The molecule has 2 aromatic heterocycles. The molecule has 0 spiro atoms. The van der Waals surface area contributed by atoms with Gasteiger partial charge < -0.3 is 14.7 Å². The lowest BCUT2D eigenvalue weighted by Gasteiger charge is -2.21. The Hall–Kier alpha value is -2.61. The van der Waals surface area contributed by atoms with Gasteiger partial charge in [-0.3, -0.25) is 4.79 Å². The largest absolute Gasteiger partial charge is 0.504 e. The van der Waals surface area contributed by atoms with Gasteiger partial charge in [-0.05, 0) is 30.5 Å². The SMILES string of the molecule is COc1cc(CN(c2nn3c(=O)ccnc3s2)C2CC2)ccc1O. The van der Waals surface area contributed by atoms with E-state index >= 15 is 0 Å². The Kier molecular flexibility index (Phi) is 3.61. The predicted molar refractivity (Wildman–Crippen MR) is 91.0 cm³/mol. The van der Waals surface area contributed by atoms with Gasteiger partial charge in [0.05, 0.1) is 7.11 Å². The van der Waals surface area contributed by atoms with Crippen molar-refractivity contribution in [1.29, 1.82) is 0 Å². The summed E-state index contributed by atoms with van der Waals surface area (Å²) in [4.78, 5) is 18.9. The van der Waals surface area contributed by atoms with Crippen LogP contribution >= 0.6 is 11.3 Å². The molecule has 0 bridgehead atoms. The van der Waals surface area contributed by atoms with Crippen LogP contribution in [0.15, 0.2) is 35.3 Å². The van der Waals surface area contributed by atoms with Crippen molar-refractivity contribution >= 4 is 21.4 Å². The molecule has 124 valence electrons. The van der Waals surface area contributed by atoms with Crippen LogP contribution in [0.5, 0.6) is 11.5 Å². The number of phenolic OH excluding ortho intramolecular Hbond substituents is 1. The van der Waals surface area contributed by atoms with Crippen molar-refractivity contribution in [3.05, 3.63) is 46.4 Å². The second-order valence-corrected chi connectivity index (χ2v) is 6.66. The Bertz CT molecular complexity index is 948. The highest BCUT2D eigenvalue weighted by molar-refractivity contribution is 7.20. The van der Waals surface area contributed by atoms with Crippen LogP contribution in [-0.4, -0.2) is 32.9 Å². The lowest BCUT2D eigenvalue weighted by atomic mass is 10.2. The van der Waals surface area contributed by atoms with Crippen LogP contribution in [0, 0.1) is 0 Å².